The van der Waals surface area contributed by atoms with Crippen LogP contribution in [0, 0.1) is 5.92 Å². The Morgan fingerprint density at radius 2 is 2.32 bits per heavy atom. The molecule has 3 heterocycles. The van der Waals surface area contributed by atoms with Gasteiger partial charge in [0.1, 0.15) is 11.3 Å². The molecule has 1 fully saturated rings. The molecule has 0 bridgehead atoms. The third-order valence-electron chi connectivity index (χ3n) is 5.20. The van der Waals surface area contributed by atoms with Crippen LogP contribution in [0.2, 0.25) is 0 Å². The third-order valence-corrected chi connectivity index (χ3v) is 5.69. The standard InChI is InChI=1S/C19H23BrN6O2/c1-11(14-7-13(20)3-4-16(14)28-2)26-17-15(24-19(26)27)10-23-18(25-17)22-9-12-5-6-21-8-12/h3-4,7,10-12,21H,5-6,8-9H2,1-2H3,(H,24,27)(H,22,23,25)/t11-,12+/m0/s1. The van der Waals surface area contributed by atoms with Gasteiger partial charge in [0, 0.05) is 16.6 Å². The molecule has 2 aromatic heterocycles. The number of benzene rings is 1. The van der Waals surface area contributed by atoms with Crippen LogP contribution in [0.15, 0.2) is 33.7 Å². The zero-order valence-electron chi connectivity index (χ0n) is 15.8. The van der Waals surface area contributed by atoms with Crippen molar-refractivity contribution in [1.82, 2.24) is 24.8 Å². The van der Waals surface area contributed by atoms with E-state index in [1.807, 2.05) is 25.1 Å². The summed E-state index contributed by atoms with van der Waals surface area (Å²) in [4.78, 5) is 24.5. The number of aromatic amines is 1. The Morgan fingerprint density at radius 1 is 1.46 bits per heavy atom. The molecule has 9 heteroatoms. The fraction of sp³-hybridized carbons (Fsp3) is 0.421. The molecule has 0 unspecified atom stereocenters. The molecule has 1 aliphatic heterocycles. The molecule has 3 N–H and O–H groups in total. The van der Waals surface area contributed by atoms with E-state index in [0.29, 0.717) is 23.0 Å². The van der Waals surface area contributed by atoms with Gasteiger partial charge in [-0.25, -0.2) is 9.78 Å². The molecule has 1 aromatic carbocycles. The lowest BCUT2D eigenvalue weighted by molar-refractivity contribution is 0.403. The topological polar surface area (TPSA) is 96.9 Å². The largest absolute Gasteiger partial charge is 0.496 e. The van der Waals surface area contributed by atoms with Gasteiger partial charge >= 0.3 is 5.69 Å². The van der Waals surface area contributed by atoms with Crippen molar-refractivity contribution in [1.29, 1.82) is 0 Å². The van der Waals surface area contributed by atoms with Crippen LogP contribution in [0.25, 0.3) is 11.2 Å². The van der Waals surface area contributed by atoms with Crippen LogP contribution in [-0.2, 0) is 0 Å². The number of halogens is 1. The number of rotatable bonds is 6. The second-order valence-electron chi connectivity index (χ2n) is 7.03. The number of aromatic nitrogens is 4. The molecule has 4 rings (SSSR count). The van der Waals surface area contributed by atoms with Crippen LogP contribution in [0.3, 0.4) is 0 Å². The van der Waals surface area contributed by atoms with Gasteiger partial charge in [0.05, 0.1) is 19.3 Å². The Kier molecular flexibility index (Phi) is 5.36. The van der Waals surface area contributed by atoms with Gasteiger partial charge in [0.15, 0.2) is 5.65 Å². The Bertz CT molecular complexity index is 1040. The molecule has 0 saturated carbocycles. The van der Waals surface area contributed by atoms with Crippen LogP contribution < -0.4 is 21.1 Å². The summed E-state index contributed by atoms with van der Waals surface area (Å²) in [6.07, 6.45) is 2.80. The van der Waals surface area contributed by atoms with Gasteiger partial charge in [-0.2, -0.15) is 4.98 Å². The van der Waals surface area contributed by atoms with Gasteiger partial charge in [-0.15, -0.1) is 0 Å². The van der Waals surface area contributed by atoms with E-state index in [0.717, 1.165) is 41.8 Å². The van der Waals surface area contributed by atoms with Crippen molar-refractivity contribution in [3.63, 3.8) is 0 Å². The van der Waals surface area contributed by atoms with Crippen molar-refractivity contribution >= 4 is 33.0 Å². The highest BCUT2D eigenvalue weighted by molar-refractivity contribution is 9.10. The van der Waals surface area contributed by atoms with Gasteiger partial charge in [-0.3, -0.25) is 4.57 Å². The van der Waals surface area contributed by atoms with Crippen molar-refractivity contribution in [2.45, 2.75) is 19.4 Å². The Morgan fingerprint density at radius 3 is 3.07 bits per heavy atom. The summed E-state index contributed by atoms with van der Waals surface area (Å²) in [5.74, 6) is 1.82. The van der Waals surface area contributed by atoms with Crippen molar-refractivity contribution in [3.05, 3.63) is 44.9 Å². The van der Waals surface area contributed by atoms with Gasteiger partial charge in [-0.1, -0.05) is 15.9 Å². The van der Waals surface area contributed by atoms with E-state index in [1.54, 1.807) is 17.9 Å². The number of hydrogen-bond donors (Lipinski definition) is 3. The van der Waals surface area contributed by atoms with E-state index >= 15 is 0 Å². The number of H-pyrrole nitrogens is 1. The van der Waals surface area contributed by atoms with E-state index < -0.39 is 0 Å². The molecule has 3 aromatic rings. The minimum Gasteiger partial charge on any atom is -0.496 e. The lowest BCUT2D eigenvalue weighted by Crippen LogP contribution is -2.22. The first-order valence-corrected chi connectivity index (χ1v) is 10.1. The number of nitrogens with zero attached hydrogens (tertiary/aromatic N) is 3. The summed E-state index contributed by atoms with van der Waals surface area (Å²) >= 11 is 3.50. The minimum atomic E-state index is -0.268. The van der Waals surface area contributed by atoms with E-state index in [4.69, 9.17) is 4.74 Å². The number of anilines is 1. The number of ether oxygens (including phenoxy) is 1. The number of nitrogens with one attached hydrogen (secondary N) is 3. The van der Waals surface area contributed by atoms with Gasteiger partial charge < -0.3 is 20.4 Å². The van der Waals surface area contributed by atoms with E-state index in [-0.39, 0.29) is 11.7 Å². The maximum atomic E-state index is 12.7. The van der Waals surface area contributed by atoms with Crippen molar-refractivity contribution in [2.75, 3.05) is 32.1 Å². The summed E-state index contributed by atoms with van der Waals surface area (Å²) < 4.78 is 8.06. The fourth-order valence-electron chi connectivity index (χ4n) is 3.66. The Balaban J connectivity index is 1.69. The van der Waals surface area contributed by atoms with Crippen LogP contribution >= 0.6 is 15.9 Å². The lowest BCUT2D eigenvalue weighted by Gasteiger charge is -2.17. The minimum absolute atomic E-state index is 0.226. The summed E-state index contributed by atoms with van der Waals surface area (Å²) in [5.41, 5.74) is 1.85. The van der Waals surface area contributed by atoms with Gasteiger partial charge in [-0.05, 0) is 50.6 Å². The van der Waals surface area contributed by atoms with Crippen LogP contribution in [0.1, 0.15) is 24.9 Å². The SMILES string of the molecule is COc1ccc(Br)cc1[C@H](C)n1c(=O)[nH]c2cnc(NC[C@@H]3CCNC3)nc21. The highest BCUT2D eigenvalue weighted by Gasteiger charge is 2.21. The summed E-state index contributed by atoms with van der Waals surface area (Å²) in [6, 6.07) is 5.49. The van der Waals surface area contributed by atoms with Crippen LogP contribution in [-0.4, -0.2) is 46.3 Å². The second-order valence-corrected chi connectivity index (χ2v) is 7.95. The molecule has 2 atom stereocenters. The second kappa shape index (κ2) is 7.92. The lowest BCUT2D eigenvalue weighted by atomic mass is 10.1. The summed E-state index contributed by atoms with van der Waals surface area (Å²) in [7, 11) is 1.62. The number of hydrogen-bond acceptors (Lipinski definition) is 6. The van der Waals surface area contributed by atoms with E-state index in [9.17, 15) is 4.79 Å². The van der Waals surface area contributed by atoms with Crippen LogP contribution in [0.4, 0.5) is 5.95 Å². The van der Waals surface area contributed by atoms with Crippen LogP contribution in [0.5, 0.6) is 5.75 Å². The van der Waals surface area contributed by atoms with Crippen molar-refractivity contribution < 1.29 is 4.74 Å². The monoisotopic (exact) mass is 446 g/mol. The van der Waals surface area contributed by atoms with E-state index in [2.05, 4.69) is 41.5 Å². The first-order chi connectivity index (χ1) is 13.6. The maximum Gasteiger partial charge on any atom is 0.328 e. The predicted octanol–water partition coefficient (Wildman–Crippen LogP) is 2.52. The molecular weight excluding hydrogens is 424 g/mol. The molecule has 1 aliphatic rings. The molecule has 28 heavy (non-hydrogen) atoms. The van der Waals surface area contributed by atoms with Gasteiger partial charge in [0.2, 0.25) is 5.95 Å². The normalized spacial score (nSPS) is 17.8. The highest BCUT2D eigenvalue weighted by atomic mass is 79.9. The molecule has 148 valence electrons. The quantitative estimate of drug-likeness (QED) is 0.538. The summed E-state index contributed by atoms with van der Waals surface area (Å²) in [5, 5.41) is 6.65. The molecule has 0 spiro atoms. The Hall–Kier alpha value is -2.39. The zero-order chi connectivity index (χ0) is 19.7. The Labute approximate surface area is 170 Å². The highest BCUT2D eigenvalue weighted by Crippen LogP contribution is 2.31. The van der Waals surface area contributed by atoms with Gasteiger partial charge in [0.25, 0.3) is 0 Å². The predicted molar refractivity (Wildman–Crippen MR) is 112 cm³/mol. The number of imidazole rings is 1. The first-order valence-electron chi connectivity index (χ1n) is 9.32. The molecule has 8 nitrogen and oxygen atoms in total. The van der Waals surface area contributed by atoms with Crippen molar-refractivity contribution in [2.24, 2.45) is 5.92 Å². The smallest absolute Gasteiger partial charge is 0.328 e. The third kappa shape index (κ3) is 3.64. The van der Waals surface area contributed by atoms with Crippen molar-refractivity contribution in [3.8, 4) is 5.75 Å². The summed E-state index contributed by atoms with van der Waals surface area (Å²) in [6.45, 7) is 4.82. The molecule has 0 aliphatic carbocycles. The van der Waals surface area contributed by atoms with E-state index in [1.165, 1.54) is 0 Å². The molecule has 0 radical (unpaired) electrons. The first kappa shape index (κ1) is 18.9. The molecule has 1 saturated heterocycles. The zero-order valence-corrected chi connectivity index (χ0v) is 17.4. The number of methoxy groups -OCH3 is 1. The number of fused-ring (bicyclic) bond motifs is 1. The molecule has 0 amide bonds. The molecular formula is C19H23BrN6O2. The maximum absolute atomic E-state index is 12.7. The average Bonchev–Trinajstić information content (AvgIpc) is 3.32. The average molecular weight is 447 g/mol. The fourth-order valence-corrected chi connectivity index (χ4v) is 4.03.